The van der Waals surface area contributed by atoms with E-state index in [1.165, 1.54) is 37.4 Å². The molecule has 0 aliphatic heterocycles. The molecule has 2 rings (SSSR count). The molecule has 0 atom stereocenters. The molecule has 2 aromatic rings. The number of hydrogen-bond donors (Lipinski definition) is 0. The maximum absolute atomic E-state index is 13.6. The molecule has 0 unspecified atom stereocenters. The molecule has 0 fully saturated rings. The zero-order chi connectivity index (χ0) is 12.4. The molecule has 0 saturated carbocycles. The minimum absolute atomic E-state index is 0.0372. The lowest BCUT2D eigenvalue weighted by molar-refractivity contribution is 0.101. The van der Waals surface area contributed by atoms with E-state index in [9.17, 15) is 9.18 Å². The van der Waals surface area contributed by atoms with Crippen LogP contribution in [-0.2, 0) is 0 Å². The highest BCUT2D eigenvalue weighted by Crippen LogP contribution is 2.23. The number of carbonyl (C=O) groups excluding carboxylic acids is 1. The summed E-state index contributed by atoms with van der Waals surface area (Å²) in [5, 5.41) is 0.0372. The predicted octanol–water partition coefficient (Wildman–Crippen LogP) is 3.14. The van der Waals surface area contributed by atoms with E-state index in [2.05, 4.69) is 9.97 Å². The van der Waals surface area contributed by atoms with Crippen LogP contribution in [0.1, 0.15) is 17.3 Å². The van der Waals surface area contributed by atoms with E-state index in [0.717, 1.165) is 0 Å². The number of aromatic nitrogens is 2. The Bertz CT molecular complexity index is 586. The summed E-state index contributed by atoms with van der Waals surface area (Å²) in [4.78, 5) is 18.9. The smallest absolute Gasteiger partial charge is 0.222 e. The molecule has 1 aromatic heterocycles. The van der Waals surface area contributed by atoms with Gasteiger partial charge in [0, 0.05) is 17.3 Å². The second-order valence-electron chi connectivity index (χ2n) is 3.46. The molecule has 0 radical (unpaired) electrons. The Morgan fingerprint density at radius 1 is 1.35 bits per heavy atom. The third-order valence-corrected chi connectivity index (χ3v) is 2.46. The summed E-state index contributed by atoms with van der Waals surface area (Å²) in [5.41, 5.74) is 1.02. The first-order valence-electron chi connectivity index (χ1n) is 4.87. The third kappa shape index (κ3) is 2.47. The maximum Gasteiger partial charge on any atom is 0.222 e. The number of ketones is 1. The summed E-state index contributed by atoms with van der Waals surface area (Å²) in [5.74, 6) is -0.587. The number of hydrogen-bond acceptors (Lipinski definition) is 3. The number of nitrogens with zero attached hydrogens (tertiary/aromatic N) is 2. The lowest BCUT2D eigenvalue weighted by atomic mass is 10.1. The Labute approximate surface area is 102 Å². The fraction of sp³-hybridized carbons (Fsp3) is 0.0833. The van der Waals surface area contributed by atoms with E-state index in [1.54, 1.807) is 0 Å². The molecule has 86 valence electrons. The summed E-state index contributed by atoms with van der Waals surface area (Å²) in [6.45, 7) is 1.42. The van der Waals surface area contributed by atoms with Crippen molar-refractivity contribution in [1.82, 2.24) is 9.97 Å². The Hall–Kier alpha value is -1.81. The molecular formula is C12H8ClFN2O. The Morgan fingerprint density at radius 2 is 2.12 bits per heavy atom. The Balaban J connectivity index is 2.58. The molecule has 0 N–H and O–H groups in total. The minimum atomic E-state index is -0.454. The Kier molecular flexibility index (Phi) is 3.15. The molecule has 1 aromatic carbocycles. The zero-order valence-corrected chi connectivity index (χ0v) is 9.70. The van der Waals surface area contributed by atoms with Crippen molar-refractivity contribution in [2.24, 2.45) is 0 Å². The van der Waals surface area contributed by atoms with Crippen LogP contribution < -0.4 is 0 Å². The topological polar surface area (TPSA) is 42.9 Å². The van der Waals surface area contributed by atoms with Gasteiger partial charge in [-0.1, -0.05) is 0 Å². The van der Waals surface area contributed by atoms with Crippen LogP contribution in [-0.4, -0.2) is 15.8 Å². The lowest BCUT2D eigenvalue weighted by Crippen LogP contribution is -1.96. The fourth-order valence-corrected chi connectivity index (χ4v) is 1.57. The van der Waals surface area contributed by atoms with Crippen molar-refractivity contribution in [1.29, 1.82) is 0 Å². The van der Waals surface area contributed by atoms with E-state index in [-0.39, 0.29) is 16.6 Å². The standard InChI is InChI=1S/C12H8ClFN2O/c1-7(17)8-2-3-10(14)9(6-8)11-4-5-15-12(13)16-11/h2-6H,1H3. The van der Waals surface area contributed by atoms with Gasteiger partial charge in [0.2, 0.25) is 5.28 Å². The van der Waals surface area contributed by atoms with Crippen LogP contribution >= 0.6 is 11.6 Å². The van der Waals surface area contributed by atoms with Crippen molar-refractivity contribution >= 4 is 17.4 Å². The van der Waals surface area contributed by atoms with Crippen molar-refractivity contribution < 1.29 is 9.18 Å². The molecule has 0 spiro atoms. The van der Waals surface area contributed by atoms with E-state index in [0.29, 0.717) is 11.3 Å². The van der Waals surface area contributed by atoms with Crippen molar-refractivity contribution in [2.45, 2.75) is 6.92 Å². The fourth-order valence-electron chi connectivity index (χ4n) is 1.43. The van der Waals surface area contributed by atoms with Crippen LogP contribution in [0.15, 0.2) is 30.5 Å². The van der Waals surface area contributed by atoms with E-state index >= 15 is 0 Å². The van der Waals surface area contributed by atoms with Crippen LogP contribution in [0.4, 0.5) is 4.39 Å². The monoisotopic (exact) mass is 250 g/mol. The summed E-state index contributed by atoms with van der Waals surface area (Å²) in [7, 11) is 0. The number of carbonyl (C=O) groups is 1. The average Bonchev–Trinajstić information content (AvgIpc) is 2.29. The van der Waals surface area contributed by atoms with Gasteiger partial charge in [-0.2, -0.15) is 0 Å². The van der Waals surface area contributed by atoms with Crippen LogP contribution in [0.5, 0.6) is 0 Å². The van der Waals surface area contributed by atoms with Gasteiger partial charge in [0.15, 0.2) is 5.78 Å². The zero-order valence-electron chi connectivity index (χ0n) is 8.95. The highest BCUT2D eigenvalue weighted by atomic mass is 35.5. The number of Topliss-reactive ketones (excluding diaryl/α,β-unsaturated/α-hetero) is 1. The summed E-state index contributed by atoms with van der Waals surface area (Å²) >= 11 is 5.64. The molecule has 0 saturated heterocycles. The van der Waals surface area contributed by atoms with Gasteiger partial charge < -0.3 is 0 Å². The van der Waals surface area contributed by atoms with Gasteiger partial charge in [0.1, 0.15) is 5.82 Å². The van der Waals surface area contributed by atoms with E-state index < -0.39 is 5.82 Å². The second-order valence-corrected chi connectivity index (χ2v) is 3.80. The van der Waals surface area contributed by atoms with Crippen molar-refractivity contribution in [3.05, 3.63) is 47.1 Å². The summed E-state index contributed by atoms with van der Waals surface area (Å²) < 4.78 is 13.6. The lowest BCUT2D eigenvalue weighted by Gasteiger charge is -2.04. The predicted molar refractivity (Wildman–Crippen MR) is 62.4 cm³/mol. The normalized spacial score (nSPS) is 10.3. The quantitative estimate of drug-likeness (QED) is 0.607. The van der Waals surface area contributed by atoms with Gasteiger partial charge in [-0.3, -0.25) is 4.79 Å². The van der Waals surface area contributed by atoms with Gasteiger partial charge in [-0.15, -0.1) is 0 Å². The molecule has 0 aliphatic carbocycles. The number of halogens is 2. The SMILES string of the molecule is CC(=O)c1ccc(F)c(-c2ccnc(Cl)n2)c1. The first-order chi connectivity index (χ1) is 8.08. The maximum atomic E-state index is 13.6. The molecule has 1 heterocycles. The van der Waals surface area contributed by atoms with Crippen molar-refractivity contribution in [3.63, 3.8) is 0 Å². The van der Waals surface area contributed by atoms with Gasteiger partial charge in [-0.05, 0) is 42.8 Å². The largest absolute Gasteiger partial charge is 0.295 e. The van der Waals surface area contributed by atoms with Crippen LogP contribution in [0.2, 0.25) is 5.28 Å². The minimum Gasteiger partial charge on any atom is -0.295 e. The third-order valence-electron chi connectivity index (χ3n) is 2.28. The van der Waals surface area contributed by atoms with Gasteiger partial charge >= 0.3 is 0 Å². The molecule has 5 heteroatoms. The molecular weight excluding hydrogens is 243 g/mol. The molecule has 0 amide bonds. The first kappa shape index (κ1) is 11.7. The summed E-state index contributed by atoms with van der Waals surface area (Å²) in [6.07, 6.45) is 1.44. The van der Waals surface area contributed by atoms with Gasteiger partial charge in [0.05, 0.1) is 5.69 Å². The molecule has 17 heavy (non-hydrogen) atoms. The van der Waals surface area contributed by atoms with Crippen LogP contribution in [0, 0.1) is 5.82 Å². The van der Waals surface area contributed by atoms with Crippen molar-refractivity contribution in [3.8, 4) is 11.3 Å². The number of rotatable bonds is 2. The molecule has 0 aliphatic rings. The molecule has 3 nitrogen and oxygen atoms in total. The van der Waals surface area contributed by atoms with Gasteiger partial charge in [-0.25, -0.2) is 14.4 Å². The van der Waals surface area contributed by atoms with E-state index in [1.807, 2.05) is 0 Å². The molecule has 0 bridgehead atoms. The van der Waals surface area contributed by atoms with Crippen LogP contribution in [0.3, 0.4) is 0 Å². The average molecular weight is 251 g/mol. The first-order valence-corrected chi connectivity index (χ1v) is 5.25. The van der Waals surface area contributed by atoms with Gasteiger partial charge in [0.25, 0.3) is 0 Å². The highest BCUT2D eigenvalue weighted by molar-refractivity contribution is 6.28. The van der Waals surface area contributed by atoms with Crippen LogP contribution in [0.25, 0.3) is 11.3 Å². The van der Waals surface area contributed by atoms with Crippen molar-refractivity contribution in [2.75, 3.05) is 0 Å². The second kappa shape index (κ2) is 4.59. The van der Waals surface area contributed by atoms with E-state index in [4.69, 9.17) is 11.6 Å². The highest BCUT2D eigenvalue weighted by Gasteiger charge is 2.10. The number of benzene rings is 1. The Morgan fingerprint density at radius 3 is 2.76 bits per heavy atom. The summed E-state index contributed by atoms with van der Waals surface area (Å²) in [6, 6.07) is 5.66.